The Balaban J connectivity index is 2.21. The summed E-state index contributed by atoms with van der Waals surface area (Å²) in [5.74, 6) is 1.04. The highest BCUT2D eigenvalue weighted by molar-refractivity contribution is 5.64. The molecule has 0 aliphatic heterocycles. The van der Waals surface area contributed by atoms with Crippen LogP contribution in [0, 0.1) is 28.4 Å². The van der Waals surface area contributed by atoms with E-state index in [2.05, 4.69) is 5.32 Å². The minimum absolute atomic E-state index is 0.0205. The maximum atomic E-state index is 11.1. The molecule has 0 amide bonds. The predicted octanol–water partition coefficient (Wildman–Crippen LogP) is 2.69. The molecule has 0 saturated heterocycles. The van der Waals surface area contributed by atoms with Crippen molar-refractivity contribution in [3.63, 3.8) is 0 Å². The second-order valence-electron chi connectivity index (χ2n) is 5.14. The number of nitrogens with one attached hydrogen (secondary N) is 1. The van der Waals surface area contributed by atoms with Gasteiger partial charge in [0, 0.05) is 6.07 Å². The molecule has 22 heavy (non-hydrogen) atoms. The largest absolute Gasteiger partial charge is 0.463 e. The molecular weight excluding hydrogens is 286 g/mol. The minimum atomic E-state index is -1.32. The van der Waals surface area contributed by atoms with Gasteiger partial charge in [-0.15, -0.1) is 0 Å². The van der Waals surface area contributed by atoms with Gasteiger partial charge in [0.05, 0.1) is 23.1 Å². The first kappa shape index (κ1) is 15.5. The molecule has 0 spiro atoms. The lowest BCUT2D eigenvalue weighted by molar-refractivity contribution is -0.384. The van der Waals surface area contributed by atoms with E-state index in [1.807, 2.05) is 6.07 Å². The monoisotopic (exact) mass is 301 g/mol. The van der Waals surface area contributed by atoms with Crippen molar-refractivity contribution in [2.45, 2.75) is 19.4 Å². The van der Waals surface area contributed by atoms with Crippen LogP contribution >= 0.6 is 0 Å². The van der Waals surface area contributed by atoms with Crippen LogP contribution in [0.1, 0.15) is 24.0 Å². The van der Waals surface area contributed by atoms with Gasteiger partial charge in [-0.25, -0.2) is 0 Å². The van der Waals surface area contributed by atoms with Crippen LogP contribution < -0.4 is 5.32 Å². The lowest BCUT2D eigenvalue weighted by Crippen LogP contribution is -2.30. The van der Waals surface area contributed by atoms with Crippen LogP contribution in [0.2, 0.25) is 0 Å². The maximum Gasteiger partial charge on any atom is 0.293 e. The van der Waals surface area contributed by atoms with Crippen LogP contribution in [0.5, 0.6) is 0 Å². The van der Waals surface area contributed by atoms with Crippen molar-refractivity contribution in [3.8, 4) is 6.07 Å². The molecule has 1 atom stereocenters. The van der Waals surface area contributed by atoms with E-state index in [4.69, 9.17) is 9.68 Å². The highest BCUT2D eigenvalue weighted by atomic mass is 16.6. The van der Waals surface area contributed by atoms with Gasteiger partial charge in [0.25, 0.3) is 5.69 Å². The second-order valence-corrected chi connectivity index (χ2v) is 5.14. The number of benzene rings is 1. The van der Waals surface area contributed by atoms with Crippen molar-refractivity contribution in [2.24, 2.45) is 0 Å². The Morgan fingerprint density at radius 1 is 1.45 bits per heavy atom. The summed E-state index contributed by atoms with van der Waals surface area (Å²) in [4.78, 5) is 10.5. The average Bonchev–Trinajstić information content (AvgIpc) is 2.92. The maximum absolute atomic E-state index is 11.1. The molecule has 0 saturated carbocycles. The Hall–Kier alpha value is -2.85. The summed E-state index contributed by atoms with van der Waals surface area (Å²) < 4.78 is 5.38. The fourth-order valence-corrected chi connectivity index (χ4v) is 1.98. The molecule has 0 radical (unpaired) electrons. The molecule has 1 heterocycles. The molecule has 2 rings (SSSR count). The number of nitriles is 1. The number of nitro benzene ring substituents is 1. The van der Waals surface area contributed by atoms with Crippen molar-refractivity contribution in [1.82, 2.24) is 0 Å². The molecule has 0 bridgehead atoms. The number of anilines is 1. The fourth-order valence-electron chi connectivity index (χ4n) is 1.98. The highest BCUT2D eigenvalue weighted by Crippen LogP contribution is 2.28. The van der Waals surface area contributed by atoms with Crippen LogP contribution in [0.4, 0.5) is 11.4 Å². The summed E-state index contributed by atoms with van der Waals surface area (Å²) in [5.41, 5.74) is -1.11. The van der Waals surface area contributed by atoms with E-state index in [1.165, 1.54) is 18.2 Å². The first-order chi connectivity index (χ1) is 10.3. The highest BCUT2D eigenvalue weighted by Gasteiger charge is 2.27. The van der Waals surface area contributed by atoms with E-state index >= 15 is 0 Å². The quantitative estimate of drug-likeness (QED) is 0.648. The van der Waals surface area contributed by atoms with Gasteiger partial charge in [-0.2, -0.15) is 5.26 Å². The Bertz CT molecular complexity index is 743. The number of hydrogen-bond donors (Lipinski definition) is 2. The van der Waals surface area contributed by atoms with Crippen molar-refractivity contribution < 1.29 is 14.4 Å². The van der Waals surface area contributed by atoms with Crippen LogP contribution in [0.15, 0.2) is 34.7 Å². The van der Waals surface area contributed by atoms with E-state index in [1.54, 1.807) is 26.0 Å². The number of aliphatic hydroxyl groups is 1. The van der Waals surface area contributed by atoms with Crippen LogP contribution in [0.3, 0.4) is 0 Å². The van der Waals surface area contributed by atoms with E-state index < -0.39 is 10.5 Å². The molecular formula is C15H15N3O4. The van der Waals surface area contributed by atoms with Gasteiger partial charge in [-0.05, 0) is 38.1 Å². The van der Waals surface area contributed by atoms with Gasteiger partial charge in [0.15, 0.2) is 0 Å². The number of nitrogens with zero attached hydrogens (tertiary/aromatic N) is 2. The number of furan rings is 1. The van der Waals surface area contributed by atoms with Crippen molar-refractivity contribution in [2.75, 3.05) is 11.9 Å². The number of nitro groups is 1. The SMILES string of the molecule is Cc1ccc(C(C)(O)CNc2ccc(C#N)cc2[N+](=O)[O-])o1. The lowest BCUT2D eigenvalue weighted by atomic mass is 10.0. The molecule has 1 aromatic carbocycles. The molecule has 114 valence electrons. The summed E-state index contributed by atoms with van der Waals surface area (Å²) in [6.07, 6.45) is 0. The molecule has 2 N–H and O–H groups in total. The summed E-state index contributed by atoms with van der Waals surface area (Å²) >= 11 is 0. The lowest BCUT2D eigenvalue weighted by Gasteiger charge is -2.21. The van der Waals surface area contributed by atoms with Crippen LogP contribution in [-0.2, 0) is 5.60 Å². The third-order valence-corrected chi connectivity index (χ3v) is 3.22. The Labute approximate surface area is 126 Å². The second kappa shape index (κ2) is 5.87. The molecule has 0 aliphatic carbocycles. The van der Waals surface area contributed by atoms with Gasteiger partial charge in [-0.1, -0.05) is 0 Å². The molecule has 7 nitrogen and oxygen atoms in total. The van der Waals surface area contributed by atoms with E-state index in [-0.39, 0.29) is 23.5 Å². The predicted molar refractivity (Wildman–Crippen MR) is 79.3 cm³/mol. The van der Waals surface area contributed by atoms with Gasteiger partial charge in [0.1, 0.15) is 22.8 Å². The minimum Gasteiger partial charge on any atom is -0.463 e. The summed E-state index contributed by atoms with van der Waals surface area (Å²) in [7, 11) is 0. The Morgan fingerprint density at radius 2 is 2.18 bits per heavy atom. The van der Waals surface area contributed by atoms with Crippen molar-refractivity contribution in [3.05, 3.63) is 57.5 Å². The van der Waals surface area contributed by atoms with Crippen molar-refractivity contribution >= 4 is 11.4 Å². The average molecular weight is 301 g/mol. The number of hydrogen-bond acceptors (Lipinski definition) is 6. The smallest absolute Gasteiger partial charge is 0.293 e. The third kappa shape index (κ3) is 3.24. The number of rotatable bonds is 5. The number of aryl methyl sites for hydroxylation is 1. The molecule has 1 unspecified atom stereocenters. The van der Waals surface area contributed by atoms with E-state index in [9.17, 15) is 15.2 Å². The summed E-state index contributed by atoms with van der Waals surface area (Å²) in [6, 6.07) is 9.35. The zero-order valence-electron chi connectivity index (χ0n) is 12.2. The molecule has 2 aromatic rings. The molecule has 0 fully saturated rings. The van der Waals surface area contributed by atoms with Gasteiger partial charge < -0.3 is 14.8 Å². The van der Waals surface area contributed by atoms with Gasteiger partial charge in [-0.3, -0.25) is 10.1 Å². The molecule has 1 aromatic heterocycles. The zero-order valence-corrected chi connectivity index (χ0v) is 12.2. The van der Waals surface area contributed by atoms with Gasteiger partial charge >= 0.3 is 0 Å². The Kier molecular flexibility index (Phi) is 4.15. The first-order valence-corrected chi connectivity index (χ1v) is 6.55. The molecule has 0 aliphatic rings. The summed E-state index contributed by atoms with van der Waals surface area (Å²) in [5, 5.41) is 33.1. The van der Waals surface area contributed by atoms with Crippen LogP contribution in [0.25, 0.3) is 0 Å². The van der Waals surface area contributed by atoms with E-state index in [0.717, 1.165) is 0 Å². The zero-order chi connectivity index (χ0) is 16.3. The van der Waals surface area contributed by atoms with Crippen molar-refractivity contribution in [1.29, 1.82) is 5.26 Å². The normalized spacial score (nSPS) is 13.2. The first-order valence-electron chi connectivity index (χ1n) is 6.55. The third-order valence-electron chi connectivity index (χ3n) is 3.22. The Morgan fingerprint density at radius 3 is 2.73 bits per heavy atom. The fraction of sp³-hybridized carbons (Fsp3) is 0.267. The topological polar surface area (TPSA) is 112 Å². The van der Waals surface area contributed by atoms with Gasteiger partial charge in [0.2, 0.25) is 0 Å². The van der Waals surface area contributed by atoms with Crippen LogP contribution in [-0.4, -0.2) is 16.6 Å². The standard InChI is InChI=1S/C15H15N3O4/c1-10-3-6-14(22-10)15(2,19)9-17-12-5-4-11(8-16)7-13(12)18(20)21/h3-7,17,19H,9H2,1-2H3. The summed E-state index contributed by atoms with van der Waals surface area (Å²) in [6.45, 7) is 3.33. The molecule has 7 heteroatoms. The van der Waals surface area contributed by atoms with E-state index in [0.29, 0.717) is 11.5 Å².